The Morgan fingerprint density at radius 2 is 2.24 bits per heavy atom. The van der Waals surface area contributed by atoms with Gasteiger partial charge in [-0.3, -0.25) is 9.36 Å². The molecule has 0 aliphatic carbocycles. The number of carbonyl (C=O) groups is 1. The van der Waals surface area contributed by atoms with Gasteiger partial charge in [0.2, 0.25) is 5.91 Å². The SMILES string of the molecule is C=C(Br)CNC(=O)CSc1nccn1-c1ccccc1C. The molecular weight excluding hydrogens is 350 g/mol. The van der Waals surface area contributed by atoms with Crippen LogP contribution in [0.3, 0.4) is 0 Å². The van der Waals surface area contributed by atoms with Crippen molar-refractivity contribution in [3.63, 3.8) is 0 Å². The Morgan fingerprint density at radius 1 is 1.48 bits per heavy atom. The van der Waals surface area contributed by atoms with Crippen molar-refractivity contribution in [2.75, 3.05) is 12.3 Å². The minimum atomic E-state index is -0.0417. The Balaban J connectivity index is 2.03. The van der Waals surface area contributed by atoms with Crippen molar-refractivity contribution in [3.05, 3.63) is 53.3 Å². The highest BCUT2D eigenvalue weighted by atomic mass is 79.9. The van der Waals surface area contributed by atoms with E-state index < -0.39 is 0 Å². The van der Waals surface area contributed by atoms with Crippen molar-refractivity contribution in [2.45, 2.75) is 12.1 Å². The van der Waals surface area contributed by atoms with Gasteiger partial charge in [-0.1, -0.05) is 52.5 Å². The maximum Gasteiger partial charge on any atom is 0.230 e. The standard InChI is InChI=1S/C15H16BrN3OS/c1-11-5-3-4-6-13(11)19-8-7-17-15(19)21-10-14(20)18-9-12(2)16/h3-8H,2,9-10H2,1H3,(H,18,20). The lowest BCUT2D eigenvalue weighted by atomic mass is 10.2. The molecule has 0 spiro atoms. The number of hydrogen-bond acceptors (Lipinski definition) is 3. The molecule has 1 aromatic heterocycles. The van der Waals surface area contributed by atoms with Crippen LogP contribution in [0.15, 0.2) is 52.9 Å². The second-order valence-electron chi connectivity index (χ2n) is 4.45. The van der Waals surface area contributed by atoms with Crippen molar-refractivity contribution < 1.29 is 4.79 Å². The summed E-state index contributed by atoms with van der Waals surface area (Å²) in [7, 11) is 0. The van der Waals surface area contributed by atoms with Gasteiger partial charge in [0, 0.05) is 23.4 Å². The number of hydrogen-bond donors (Lipinski definition) is 1. The van der Waals surface area contributed by atoms with Gasteiger partial charge in [-0.25, -0.2) is 4.98 Å². The maximum atomic E-state index is 11.7. The van der Waals surface area contributed by atoms with Crippen LogP contribution >= 0.6 is 27.7 Å². The number of benzene rings is 1. The largest absolute Gasteiger partial charge is 0.351 e. The molecule has 0 radical (unpaired) electrons. The second-order valence-corrected chi connectivity index (χ2v) is 6.51. The van der Waals surface area contributed by atoms with E-state index in [1.165, 1.54) is 11.8 Å². The Kier molecular flexibility index (Phi) is 5.64. The first-order chi connectivity index (χ1) is 10.1. The van der Waals surface area contributed by atoms with E-state index in [-0.39, 0.29) is 5.91 Å². The van der Waals surface area contributed by atoms with Gasteiger partial charge in [0.25, 0.3) is 0 Å². The monoisotopic (exact) mass is 365 g/mol. The van der Waals surface area contributed by atoms with Crippen molar-refractivity contribution >= 4 is 33.6 Å². The summed E-state index contributed by atoms with van der Waals surface area (Å²) in [5.74, 6) is 0.281. The van der Waals surface area contributed by atoms with Crippen molar-refractivity contribution in [1.29, 1.82) is 0 Å². The Labute approximate surface area is 136 Å². The highest BCUT2D eigenvalue weighted by Crippen LogP contribution is 2.22. The number of nitrogens with one attached hydrogen (secondary N) is 1. The minimum Gasteiger partial charge on any atom is -0.351 e. The second kappa shape index (κ2) is 7.47. The lowest BCUT2D eigenvalue weighted by Gasteiger charge is -2.10. The Morgan fingerprint density at radius 3 is 2.95 bits per heavy atom. The van der Waals surface area contributed by atoms with E-state index in [1.54, 1.807) is 6.20 Å². The first kappa shape index (κ1) is 15.9. The Hall–Kier alpha value is -1.53. The smallest absolute Gasteiger partial charge is 0.230 e. The molecule has 0 fully saturated rings. The zero-order chi connectivity index (χ0) is 15.2. The third-order valence-electron chi connectivity index (χ3n) is 2.79. The number of thioether (sulfide) groups is 1. The summed E-state index contributed by atoms with van der Waals surface area (Å²) in [6.45, 7) is 6.17. The highest BCUT2D eigenvalue weighted by molar-refractivity contribution is 9.11. The van der Waals surface area contributed by atoms with E-state index in [0.717, 1.165) is 20.9 Å². The lowest BCUT2D eigenvalue weighted by molar-refractivity contribution is -0.118. The molecule has 0 aliphatic heterocycles. The quantitative estimate of drug-likeness (QED) is 0.798. The minimum absolute atomic E-state index is 0.0417. The van der Waals surface area contributed by atoms with Crippen molar-refractivity contribution in [1.82, 2.24) is 14.9 Å². The molecular formula is C15H16BrN3OS. The number of aryl methyl sites for hydroxylation is 1. The molecule has 0 bridgehead atoms. The number of amides is 1. The molecule has 1 aromatic carbocycles. The molecule has 0 saturated carbocycles. The molecule has 21 heavy (non-hydrogen) atoms. The molecule has 1 amide bonds. The third kappa shape index (κ3) is 4.47. The van der Waals surface area contributed by atoms with Crippen LogP contribution in [0, 0.1) is 6.92 Å². The molecule has 110 valence electrons. The molecule has 6 heteroatoms. The molecule has 1 heterocycles. The van der Waals surface area contributed by atoms with Gasteiger partial charge >= 0.3 is 0 Å². The van der Waals surface area contributed by atoms with E-state index in [9.17, 15) is 4.79 Å². The summed E-state index contributed by atoms with van der Waals surface area (Å²) < 4.78 is 2.75. The number of halogens is 1. The van der Waals surface area contributed by atoms with Crippen molar-refractivity contribution in [2.24, 2.45) is 0 Å². The van der Waals surface area contributed by atoms with Gasteiger partial charge < -0.3 is 5.32 Å². The van der Waals surface area contributed by atoms with Crippen LogP contribution in [0.2, 0.25) is 0 Å². The average Bonchev–Trinajstić information content (AvgIpc) is 2.91. The predicted octanol–water partition coefficient (Wildman–Crippen LogP) is 3.30. The van der Waals surface area contributed by atoms with Gasteiger partial charge in [0.15, 0.2) is 5.16 Å². The fourth-order valence-corrected chi connectivity index (χ4v) is 2.73. The first-order valence-electron chi connectivity index (χ1n) is 6.40. The number of imidazole rings is 1. The number of aromatic nitrogens is 2. The van der Waals surface area contributed by atoms with Crippen LogP contribution in [0.5, 0.6) is 0 Å². The van der Waals surface area contributed by atoms with Gasteiger partial charge in [-0.2, -0.15) is 0 Å². The number of rotatable bonds is 6. The summed E-state index contributed by atoms with van der Waals surface area (Å²) in [4.78, 5) is 16.0. The van der Waals surface area contributed by atoms with Gasteiger partial charge in [-0.05, 0) is 18.6 Å². The van der Waals surface area contributed by atoms with Crippen molar-refractivity contribution in [3.8, 4) is 5.69 Å². The molecule has 2 aromatic rings. The van der Waals surface area contributed by atoms with Crippen LogP contribution < -0.4 is 5.32 Å². The first-order valence-corrected chi connectivity index (χ1v) is 8.18. The van der Waals surface area contributed by atoms with Gasteiger partial charge in [0.1, 0.15) is 0 Å². The fourth-order valence-electron chi connectivity index (χ4n) is 1.79. The van der Waals surface area contributed by atoms with E-state index in [2.05, 4.69) is 45.8 Å². The maximum absolute atomic E-state index is 11.7. The average molecular weight is 366 g/mol. The molecule has 0 atom stereocenters. The van der Waals surface area contributed by atoms with Gasteiger partial charge in [-0.15, -0.1) is 0 Å². The van der Waals surface area contributed by atoms with Crippen LogP contribution in [0.25, 0.3) is 5.69 Å². The molecule has 2 rings (SSSR count). The van der Waals surface area contributed by atoms with E-state index in [4.69, 9.17) is 0 Å². The molecule has 0 aliphatic rings. The summed E-state index contributed by atoms with van der Waals surface area (Å²) in [6, 6.07) is 8.09. The van der Waals surface area contributed by atoms with Crippen LogP contribution in [-0.4, -0.2) is 27.8 Å². The Bertz CT molecular complexity index is 654. The molecule has 4 nitrogen and oxygen atoms in total. The summed E-state index contributed by atoms with van der Waals surface area (Å²) in [5.41, 5.74) is 2.24. The van der Waals surface area contributed by atoms with Crippen LogP contribution in [-0.2, 0) is 4.79 Å². The van der Waals surface area contributed by atoms with E-state index in [1.807, 2.05) is 29.0 Å². The summed E-state index contributed by atoms with van der Waals surface area (Å²) >= 11 is 4.62. The topological polar surface area (TPSA) is 46.9 Å². The number of nitrogens with zero attached hydrogens (tertiary/aromatic N) is 2. The van der Waals surface area contributed by atoms with Crippen LogP contribution in [0.4, 0.5) is 0 Å². The lowest BCUT2D eigenvalue weighted by Crippen LogP contribution is -2.26. The fraction of sp³-hybridized carbons (Fsp3) is 0.200. The zero-order valence-electron chi connectivity index (χ0n) is 11.7. The van der Waals surface area contributed by atoms with Gasteiger partial charge in [0.05, 0.1) is 11.4 Å². The highest BCUT2D eigenvalue weighted by Gasteiger charge is 2.10. The molecule has 0 saturated heterocycles. The van der Waals surface area contributed by atoms with E-state index >= 15 is 0 Å². The normalized spacial score (nSPS) is 10.4. The summed E-state index contributed by atoms with van der Waals surface area (Å²) in [6.07, 6.45) is 3.65. The van der Waals surface area contributed by atoms with E-state index in [0.29, 0.717) is 12.3 Å². The predicted molar refractivity (Wildman–Crippen MR) is 90.1 cm³/mol. The number of carbonyl (C=O) groups excluding carboxylic acids is 1. The number of para-hydroxylation sites is 1. The molecule has 1 N–H and O–H groups in total. The zero-order valence-corrected chi connectivity index (χ0v) is 14.1. The van der Waals surface area contributed by atoms with Crippen LogP contribution in [0.1, 0.15) is 5.56 Å². The third-order valence-corrected chi connectivity index (χ3v) is 4.04. The molecule has 0 unspecified atom stereocenters. The summed E-state index contributed by atoms with van der Waals surface area (Å²) in [5, 5.41) is 3.57.